The molecule has 2 heterocycles. The zero-order valence-electron chi connectivity index (χ0n) is 14.7. The Hall–Kier alpha value is -3.09. The van der Waals surface area contributed by atoms with Crippen LogP contribution in [0.4, 0.5) is 5.69 Å². The summed E-state index contributed by atoms with van der Waals surface area (Å²) in [6.45, 7) is 0. The van der Waals surface area contributed by atoms with Crippen LogP contribution in [-0.4, -0.2) is 27.6 Å². The third-order valence-corrected chi connectivity index (χ3v) is 4.73. The number of halogens is 2. The highest BCUT2D eigenvalue weighted by Gasteiger charge is 2.14. The number of pyridine rings is 1. The van der Waals surface area contributed by atoms with Crippen LogP contribution in [-0.2, 0) is 0 Å². The van der Waals surface area contributed by atoms with E-state index in [1.807, 2.05) is 28.8 Å². The van der Waals surface area contributed by atoms with Crippen molar-refractivity contribution in [2.75, 3.05) is 12.4 Å². The number of methoxy groups -OCH3 is 1. The van der Waals surface area contributed by atoms with E-state index in [-0.39, 0.29) is 16.0 Å². The Morgan fingerprint density at radius 2 is 1.82 bits per heavy atom. The van der Waals surface area contributed by atoms with Crippen molar-refractivity contribution >= 4 is 45.8 Å². The Bertz CT molecular complexity index is 1150. The monoisotopic (exact) mass is 412 g/mol. The molecule has 2 aromatic heterocycles. The number of anilines is 1. The minimum absolute atomic E-state index is 0.264. The maximum Gasteiger partial charge on any atom is 0.255 e. The second-order valence-corrected chi connectivity index (χ2v) is 6.75. The minimum Gasteiger partial charge on any atom is -0.494 e. The summed E-state index contributed by atoms with van der Waals surface area (Å²) in [6, 6.07) is 14.4. The van der Waals surface area contributed by atoms with Gasteiger partial charge in [-0.3, -0.25) is 9.36 Å². The Kier molecular flexibility index (Phi) is 4.90. The molecule has 1 amide bonds. The van der Waals surface area contributed by atoms with E-state index >= 15 is 0 Å². The summed E-state index contributed by atoms with van der Waals surface area (Å²) >= 11 is 12.2. The summed E-state index contributed by atoms with van der Waals surface area (Å²) in [6.07, 6.45) is 3.29. The second-order valence-electron chi connectivity index (χ2n) is 5.94. The van der Waals surface area contributed by atoms with Crippen LogP contribution >= 0.6 is 23.2 Å². The first-order valence-corrected chi connectivity index (χ1v) is 9.05. The molecule has 4 rings (SSSR count). The third kappa shape index (κ3) is 3.40. The minimum atomic E-state index is -0.353. The number of aromatic nitrogens is 3. The lowest BCUT2D eigenvalue weighted by Crippen LogP contribution is -2.12. The number of benzene rings is 2. The number of hydrogen-bond acceptors (Lipinski definition) is 4. The molecule has 28 heavy (non-hydrogen) atoms. The topological polar surface area (TPSA) is 69.0 Å². The largest absolute Gasteiger partial charge is 0.494 e. The number of carbonyl (C=O) groups excluding carboxylic acids is 1. The van der Waals surface area contributed by atoms with Gasteiger partial charge in [-0.2, -0.15) is 0 Å². The van der Waals surface area contributed by atoms with Crippen molar-refractivity contribution in [2.24, 2.45) is 0 Å². The van der Waals surface area contributed by atoms with Gasteiger partial charge in [-0.25, -0.2) is 9.97 Å². The zero-order chi connectivity index (χ0) is 19.7. The van der Waals surface area contributed by atoms with Crippen molar-refractivity contribution in [3.8, 4) is 11.6 Å². The first-order chi connectivity index (χ1) is 13.6. The van der Waals surface area contributed by atoms with Crippen LogP contribution in [0, 0.1) is 0 Å². The van der Waals surface area contributed by atoms with Crippen LogP contribution in [0.1, 0.15) is 10.4 Å². The quantitative estimate of drug-likeness (QED) is 0.512. The molecule has 0 unspecified atom stereocenters. The number of amides is 1. The van der Waals surface area contributed by atoms with E-state index in [1.54, 1.807) is 24.7 Å². The molecule has 140 valence electrons. The van der Waals surface area contributed by atoms with Gasteiger partial charge in [0, 0.05) is 5.56 Å². The first-order valence-electron chi connectivity index (χ1n) is 8.29. The molecule has 0 aliphatic rings. The predicted molar refractivity (Wildman–Crippen MR) is 110 cm³/mol. The number of imidazole rings is 1. The average molecular weight is 413 g/mol. The number of hydrogen-bond donors (Lipinski definition) is 1. The van der Waals surface area contributed by atoms with Gasteiger partial charge in [0.2, 0.25) is 0 Å². The summed E-state index contributed by atoms with van der Waals surface area (Å²) in [5, 5.41) is 3.30. The number of para-hydroxylation sites is 2. The number of carbonyl (C=O) groups is 1. The fourth-order valence-electron chi connectivity index (χ4n) is 2.83. The van der Waals surface area contributed by atoms with Crippen molar-refractivity contribution in [1.29, 1.82) is 0 Å². The number of rotatable bonds is 4. The molecular formula is C20H14Cl2N4O2. The van der Waals surface area contributed by atoms with Gasteiger partial charge in [0.1, 0.15) is 12.1 Å². The fourth-order valence-corrected chi connectivity index (χ4v) is 3.47. The van der Waals surface area contributed by atoms with Crippen molar-refractivity contribution in [3.05, 3.63) is 76.7 Å². The van der Waals surface area contributed by atoms with Gasteiger partial charge in [0.05, 0.1) is 40.1 Å². The number of nitrogens with zero attached hydrogens (tertiary/aromatic N) is 3. The van der Waals surface area contributed by atoms with E-state index in [2.05, 4.69) is 15.3 Å². The van der Waals surface area contributed by atoms with Gasteiger partial charge in [-0.1, -0.05) is 35.3 Å². The van der Waals surface area contributed by atoms with Crippen LogP contribution in [0.5, 0.6) is 5.75 Å². The highest BCUT2D eigenvalue weighted by molar-refractivity contribution is 6.37. The Labute approximate surface area is 170 Å². The fraction of sp³-hybridized carbons (Fsp3) is 0.0500. The lowest BCUT2D eigenvalue weighted by atomic mass is 10.2. The highest BCUT2D eigenvalue weighted by Crippen LogP contribution is 2.34. The molecule has 6 nitrogen and oxygen atoms in total. The van der Waals surface area contributed by atoms with Crippen molar-refractivity contribution < 1.29 is 9.53 Å². The van der Waals surface area contributed by atoms with Crippen LogP contribution in [0.3, 0.4) is 0 Å². The smallest absolute Gasteiger partial charge is 0.255 e. The molecule has 2 aromatic carbocycles. The molecule has 0 radical (unpaired) electrons. The van der Waals surface area contributed by atoms with Gasteiger partial charge < -0.3 is 10.1 Å². The maximum absolute atomic E-state index is 12.5. The Balaban J connectivity index is 1.56. The van der Waals surface area contributed by atoms with E-state index in [0.29, 0.717) is 22.8 Å². The van der Waals surface area contributed by atoms with Gasteiger partial charge in [0.25, 0.3) is 5.91 Å². The molecule has 0 fully saturated rings. The second kappa shape index (κ2) is 7.50. The van der Waals surface area contributed by atoms with Crippen molar-refractivity contribution in [1.82, 2.24) is 14.5 Å². The van der Waals surface area contributed by atoms with Crippen LogP contribution in [0.25, 0.3) is 16.9 Å². The Morgan fingerprint density at radius 3 is 2.50 bits per heavy atom. The summed E-state index contributed by atoms with van der Waals surface area (Å²) in [7, 11) is 1.46. The molecule has 4 aromatic rings. The molecule has 8 heteroatoms. The summed E-state index contributed by atoms with van der Waals surface area (Å²) < 4.78 is 6.97. The number of fused-ring (bicyclic) bond motifs is 1. The molecule has 0 saturated heterocycles. The van der Waals surface area contributed by atoms with E-state index in [9.17, 15) is 4.79 Å². The van der Waals surface area contributed by atoms with Crippen molar-refractivity contribution in [3.63, 3.8) is 0 Å². The Morgan fingerprint density at radius 1 is 1.07 bits per heavy atom. The van der Waals surface area contributed by atoms with E-state index in [1.165, 1.54) is 19.2 Å². The highest BCUT2D eigenvalue weighted by atomic mass is 35.5. The predicted octanol–water partition coefficient (Wildman–Crippen LogP) is 4.99. The molecule has 0 aliphatic carbocycles. The first kappa shape index (κ1) is 18.3. The lowest BCUT2D eigenvalue weighted by molar-refractivity contribution is 0.102. The molecule has 0 spiro atoms. The van der Waals surface area contributed by atoms with Crippen LogP contribution in [0.15, 0.2) is 61.1 Å². The van der Waals surface area contributed by atoms with Gasteiger partial charge >= 0.3 is 0 Å². The summed E-state index contributed by atoms with van der Waals surface area (Å²) in [5.41, 5.74) is 2.70. The summed E-state index contributed by atoms with van der Waals surface area (Å²) in [4.78, 5) is 21.3. The van der Waals surface area contributed by atoms with Crippen LogP contribution < -0.4 is 10.1 Å². The van der Waals surface area contributed by atoms with Crippen molar-refractivity contribution in [2.45, 2.75) is 0 Å². The van der Waals surface area contributed by atoms with Gasteiger partial charge in [-0.05, 0) is 36.4 Å². The molecule has 0 atom stereocenters. The molecule has 1 N–H and O–H groups in total. The molecule has 0 aliphatic heterocycles. The summed E-state index contributed by atoms with van der Waals surface area (Å²) in [5.74, 6) is 0.676. The average Bonchev–Trinajstić information content (AvgIpc) is 3.12. The van der Waals surface area contributed by atoms with Crippen LogP contribution in [0.2, 0.25) is 10.0 Å². The maximum atomic E-state index is 12.5. The third-order valence-electron chi connectivity index (χ3n) is 4.17. The SMILES string of the molecule is COc1c(Cl)cc(C(=O)Nc2ccc(-n3cnc4ccccc43)nc2)cc1Cl. The van der Waals surface area contributed by atoms with E-state index < -0.39 is 0 Å². The lowest BCUT2D eigenvalue weighted by Gasteiger charge is -2.10. The molecular weight excluding hydrogens is 399 g/mol. The number of ether oxygens (including phenoxy) is 1. The zero-order valence-corrected chi connectivity index (χ0v) is 16.2. The normalized spacial score (nSPS) is 10.8. The van der Waals surface area contributed by atoms with E-state index in [0.717, 1.165) is 11.0 Å². The molecule has 0 saturated carbocycles. The van der Waals surface area contributed by atoms with Gasteiger partial charge in [0.15, 0.2) is 5.75 Å². The van der Waals surface area contributed by atoms with Gasteiger partial charge in [-0.15, -0.1) is 0 Å². The standard InChI is InChI=1S/C20H14Cl2N4O2/c1-28-19-14(21)8-12(9-15(19)22)20(27)25-13-6-7-18(23-10-13)26-11-24-16-4-2-3-5-17(16)26/h2-11H,1H3,(H,25,27). The molecule has 0 bridgehead atoms. The number of nitrogens with one attached hydrogen (secondary N) is 1. The van der Waals surface area contributed by atoms with E-state index in [4.69, 9.17) is 27.9 Å².